The van der Waals surface area contributed by atoms with Crippen molar-refractivity contribution in [1.82, 2.24) is 5.16 Å². The molecule has 1 aromatic carbocycles. The number of thioether (sulfide) groups is 1. The van der Waals surface area contributed by atoms with Gasteiger partial charge in [0.2, 0.25) is 5.91 Å². The predicted molar refractivity (Wildman–Crippen MR) is 62.3 cm³/mol. The van der Waals surface area contributed by atoms with Gasteiger partial charge in [-0.3, -0.25) is 4.79 Å². The lowest BCUT2D eigenvalue weighted by molar-refractivity contribution is -0.113. The maximum atomic E-state index is 12.6. The van der Waals surface area contributed by atoms with Gasteiger partial charge >= 0.3 is 0 Å². The average molecular weight is 252 g/mol. The van der Waals surface area contributed by atoms with E-state index in [1.165, 1.54) is 36.4 Å². The Bertz CT molecular complexity index is 485. The van der Waals surface area contributed by atoms with E-state index in [0.29, 0.717) is 5.69 Å². The van der Waals surface area contributed by atoms with Crippen molar-refractivity contribution in [2.45, 2.75) is 4.90 Å². The van der Waals surface area contributed by atoms with Crippen LogP contribution in [0, 0.1) is 5.82 Å². The summed E-state index contributed by atoms with van der Waals surface area (Å²) in [5.74, 6) is -0.206. The van der Waals surface area contributed by atoms with Gasteiger partial charge in [0.1, 0.15) is 17.8 Å². The van der Waals surface area contributed by atoms with E-state index in [4.69, 9.17) is 0 Å². The summed E-state index contributed by atoms with van der Waals surface area (Å²) in [6.45, 7) is 0. The largest absolute Gasteiger partial charge is 0.363 e. The normalized spacial score (nSPS) is 10.2. The molecule has 0 aliphatic rings. The molecule has 1 aromatic heterocycles. The summed E-state index contributed by atoms with van der Waals surface area (Å²) in [5.41, 5.74) is 0.523. The molecule has 0 bridgehead atoms. The maximum absolute atomic E-state index is 12.6. The molecule has 6 heteroatoms. The van der Waals surface area contributed by atoms with Crippen molar-refractivity contribution >= 4 is 23.4 Å². The first-order valence-corrected chi connectivity index (χ1v) is 5.80. The summed E-state index contributed by atoms with van der Waals surface area (Å²) in [7, 11) is 0. The van der Waals surface area contributed by atoms with Crippen LogP contribution in [0.15, 0.2) is 46.1 Å². The van der Waals surface area contributed by atoms with E-state index in [-0.39, 0.29) is 17.5 Å². The van der Waals surface area contributed by atoms with E-state index in [2.05, 4.69) is 15.0 Å². The predicted octanol–water partition coefficient (Wildman–Crippen LogP) is 2.54. The molecule has 2 rings (SSSR count). The van der Waals surface area contributed by atoms with Crippen LogP contribution in [0.3, 0.4) is 0 Å². The number of amides is 1. The van der Waals surface area contributed by atoms with Crippen LogP contribution in [0.2, 0.25) is 0 Å². The molecule has 17 heavy (non-hydrogen) atoms. The summed E-state index contributed by atoms with van der Waals surface area (Å²) in [6, 6.07) is 5.99. The number of hydrogen-bond acceptors (Lipinski definition) is 4. The number of aromatic nitrogens is 1. The van der Waals surface area contributed by atoms with Gasteiger partial charge in [-0.25, -0.2) is 4.39 Å². The van der Waals surface area contributed by atoms with Crippen molar-refractivity contribution in [2.75, 3.05) is 11.1 Å². The number of nitrogens with zero attached hydrogens (tertiary/aromatic N) is 1. The molecule has 1 heterocycles. The molecule has 0 atom stereocenters. The van der Waals surface area contributed by atoms with E-state index in [9.17, 15) is 9.18 Å². The average Bonchev–Trinajstić information content (AvgIpc) is 2.81. The van der Waals surface area contributed by atoms with Gasteiger partial charge in [0.15, 0.2) is 0 Å². The van der Waals surface area contributed by atoms with Gasteiger partial charge in [-0.2, -0.15) is 0 Å². The zero-order valence-corrected chi connectivity index (χ0v) is 9.54. The number of hydrogen-bond donors (Lipinski definition) is 1. The van der Waals surface area contributed by atoms with Gasteiger partial charge < -0.3 is 9.84 Å². The van der Waals surface area contributed by atoms with Gasteiger partial charge in [-0.05, 0) is 24.3 Å². The summed E-state index contributed by atoms with van der Waals surface area (Å²) in [6.07, 6.45) is 2.76. The van der Waals surface area contributed by atoms with Crippen LogP contribution in [-0.2, 0) is 4.79 Å². The molecule has 2 aromatic rings. The molecule has 1 N–H and O–H groups in total. The van der Waals surface area contributed by atoms with Crippen LogP contribution in [0.1, 0.15) is 0 Å². The first-order chi connectivity index (χ1) is 8.24. The number of halogens is 1. The van der Waals surface area contributed by atoms with Crippen LogP contribution >= 0.6 is 11.8 Å². The second kappa shape index (κ2) is 5.49. The van der Waals surface area contributed by atoms with Crippen molar-refractivity contribution in [1.29, 1.82) is 0 Å². The molecule has 0 aliphatic carbocycles. The lowest BCUT2D eigenvalue weighted by Crippen LogP contribution is -2.13. The van der Waals surface area contributed by atoms with Crippen LogP contribution < -0.4 is 5.32 Å². The fourth-order valence-electron chi connectivity index (χ4n) is 1.14. The third-order valence-corrected chi connectivity index (χ3v) is 2.91. The number of carbonyl (C=O) groups excluding carboxylic acids is 1. The molecule has 0 fully saturated rings. The smallest absolute Gasteiger partial charge is 0.234 e. The molecule has 0 radical (unpaired) electrons. The summed E-state index contributed by atoms with van der Waals surface area (Å²) < 4.78 is 17.2. The Morgan fingerprint density at radius 1 is 1.41 bits per heavy atom. The van der Waals surface area contributed by atoms with Gasteiger partial charge in [0.05, 0.1) is 11.9 Å². The third kappa shape index (κ3) is 3.60. The SMILES string of the molecule is O=C(CSc1ccc(F)cc1)Nc1cnoc1. The number of anilines is 1. The van der Waals surface area contributed by atoms with Gasteiger partial charge in [0.25, 0.3) is 0 Å². The number of carbonyl (C=O) groups is 1. The molecule has 4 nitrogen and oxygen atoms in total. The quantitative estimate of drug-likeness (QED) is 0.849. The van der Waals surface area contributed by atoms with E-state index in [1.807, 2.05) is 0 Å². The Kier molecular flexibility index (Phi) is 3.77. The topological polar surface area (TPSA) is 55.1 Å². The number of nitrogens with one attached hydrogen (secondary N) is 1. The molecular weight excluding hydrogens is 243 g/mol. The van der Waals surface area contributed by atoms with E-state index in [1.54, 1.807) is 12.1 Å². The second-order valence-electron chi connectivity index (χ2n) is 3.20. The Balaban J connectivity index is 1.82. The van der Waals surface area contributed by atoms with E-state index < -0.39 is 0 Å². The highest BCUT2D eigenvalue weighted by atomic mass is 32.2. The second-order valence-corrected chi connectivity index (χ2v) is 4.25. The standard InChI is InChI=1S/C11H9FN2O2S/c12-8-1-3-10(4-2-8)17-7-11(15)14-9-5-13-16-6-9/h1-6H,7H2,(H,14,15). The van der Waals surface area contributed by atoms with E-state index in [0.717, 1.165) is 4.90 Å². The first-order valence-electron chi connectivity index (χ1n) is 4.81. The molecule has 0 aliphatic heterocycles. The molecule has 0 unspecified atom stereocenters. The molecule has 0 saturated heterocycles. The molecule has 88 valence electrons. The van der Waals surface area contributed by atoms with Crippen molar-refractivity contribution in [3.63, 3.8) is 0 Å². The molecule has 0 saturated carbocycles. The minimum Gasteiger partial charge on any atom is -0.363 e. The minimum absolute atomic E-state index is 0.164. The fourth-order valence-corrected chi connectivity index (χ4v) is 1.84. The van der Waals surface area contributed by atoms with Gasteiger partial charge in [0, 0.05) is 4.90 Å². The highest BCUT2D eigenvalue weighted by Gasteiger charge is 2.04. The number of benzene rings is 1. The highest BCUT2D eigenvalue weighted by Crippen LogP contribution is 2.18. The lowest BCUT2D eigenvalue weighted by Gasteiger charge is -2.02. The van der Waals surface area contributed by atoms with Crippen LogP contribution in [0.4, 0.5) is 10.1 Å². The van der Waals surface area contributed by atoms with Crippen molar-refractivity contribution in [3.8, 4) is 0 Å². The van der Waals surface area contributed by atoms with Crippen molar-refractivity contribution < 1.29 is 13.7 Å². The highest BCUT2D eigenvalue weighted by molar-refractivity contribution is 8.00. The Labute approximate surface area is 101 Å². The summed E-state index contributed by atoms with van der Waals surface area (Å²) in [5, 5.41) is 6.08. The summed E-state index contributed by atoms with van der Waals surface area (Å²) >= 11 is 1.33. The fraction of sp³-hybridized carbons (Fsp3) is 0.0909. The van der Waals surface area contributed by atoms with Crippen molar-refractivity contribution in [2.24, 2.45) is 0 Å². The Morgan fingerprint density at radius 2 is 2.18 bits per heavy atom. The third-order valence-electron chi connectivity index (χ3n) is 1.90. The van der Waals surface area contributed by atoms with Gasteiger partial charge in [-0.15, -0.1) is 11.8 Å². The monoisotopic (exact) mass is 252 g/mol. The molecular formula is C11H9FN2O2S. The van der Waals surface area contributed by atoms with Crippen LogP contribution in [0.5, 0.6) is 0 Å². The zero-order chi connectivity index (χ0) is 12.1. The van der Waals surface area contributed by atoms with Crippen LogP contribution in [-0.4, -0.2) is 16.8 Å². The first kappa shape index (κ1) is 11.7. The van der Waals surface area contributed by atoms with Crippen LogP contribution in [0.25, 0.3) is 0 Å². The Morgan fingerprint density at radius 3 is 2.82 bits per heavy atom. The van der Waals surface area contributed by atoms with E-state index >= 15 is 0 Å². The van der Waals surface area contributed by atoms with Crippen molar-refractivity contribution in [3.05, 3.63) is 42.5 Å². The lowest BCUT2D eigenvalue weighted by atomic mass is 10.4. The minimum atomic E-state index is -0.289. The molecule has 0 spiro atoms. The maximum Gasteiger partial charge on any atom is 0.234 e. The summed E-state index contributed by atoms with van der Waals surface area (Å²) in [4.78, 5) is 12.3. The Hall–Kier alpha value is -1.82. The number of rotatable bonds is 4. The zero-order valence-electron chi connectivity index (χ0n) is 8.72. The molecule has 1 amide bonds. The van der Waals surface area contributed by atoms with Gasteiger partial charge in [-0.1, -0.05) is 5.16 Å².